The molecule has 0 spiro atoms. The van der Waals surface area contributed by atoms with Crippen molar-refractivity contribution in [3.8, 4) is 0 Å². The van der Waals surface area contributed by atoms with Gasteiger partial charge in [-0.1, -0.05) is 0 Å². The Kier molecular flexibility index (Phi) is 3.22. The largest absolute Gasteiger partial charge is 0.380 e. The van der Waals surface area contributed by atoms with Crippen molar-refractivity contribution < 1.29 is 14.3 Å². The lowest BCUT2D eigenvalue weighted by Crippen LogP contribution is -2.30. The number of hydrogen-bond donors (Lipinski definition) is 0. The van der Waals surface area contributed by atoms with Gasteiger partial charge in [0.05, 0.1) is 6.61 Å². The van der Waals surface area contributed by atoms with Gasteiger partial charge < -0.3 is 9.64 Å². The highest BCUT2D eigenvalue weighted by molar-refractivity contribution is 6.37. The van der Waals surface area contributed by atoms with Crippen LogP contribution in [0.2, 0.25) is 0 Å². The first-order valence-corrected chi connectivity index (χ1v) is 4.15. The normalized spacial score (nSPS) is 17.6. The molecule has 12 heavy (non-hydrogen) atoms. The fourth-order valence-electron chi connectivity index (χ4n) is 1.15. The lowest BCUT2D eigenvalue weighted by atomic mass is 10.3. The number of nitrogens with zero attached hydrogens (tertiary/aromatic N) is 1. The van der Waals surface area contributed by atoms with E-state index < -0.39 is 0 Å². The van der Waals surface area contributed by atoms with Crippen LogP contribution in [0.4, 0.5) is 0 Å². The van der Waals surface area contributed by atoms with E-state index in [1.165, 1.54) is 4.90 Å². The summed E-state index contributed by atoms with van der Waals surface area (Å²) in [4.78, 5) is 23.3. The van der Waals surface area contributed by atoms with E-state index in [9.17, 15) is 9.59 Å². The van der Waals surface area contributed by atoms with Crippen LogP contribution >= 0.6 is 0 Å². The topological polar surface area (TPSA) is 46.6 Å². The summed E-state index contributed by atoms with van der Waals surface area (Å²) in [7, 11) is 0. The number of ether oxygens (including phenoxy) is 1. The molecule has 0 aromatic heterocycles. The van der Waals surface area contributed by atoms with Gasteiger partial charge in [-0.25, -0.2) is 0 Å². The average Bonchev–Trinajstić information content (AvgIpc) is 2.36. The number of amides is 1. The molecule has 4 heteroatoms. The van der Waals surface area contributed by atoms with Gasteiger partial charge in [-0.3, -0.25) is 9.59 Å². The molecule has 68 valence electrons. The second-order valence-corrected chi connectivity index (χ2v) is 2.66. The van der Waals surface area contributed by atoms with E-state index in [2.05, 4.69) is 0 Å². The van der Waals surface area contributed by atoms with E-state index >= 15 is 0 Å². The molecule has 0 aromatic carbocycles. The highest BCUT2D eigenvalue weighted by Gasteiger charge is 2.28. The summed E-state index contributed by atoms with van der Waals surface area (Å²) >= 11 is 0. The van der Waals surface area contributed by atoms with Crippen molar-refractivity contribution in [1.29, 1.82) is 0 Å². The van der Waals surface area contributed by atoms with Crippen LogP contribution in [0.15, 0.2) is 0 Å². The van der Waals surface area contributed by atoms with Gasteiger partial charge in [0.15, 0.2) is 0 Å². The minimum atomic E-state index is -0.352. The van der Waals surface area contributed by atoms with Crippen LogP contribution in [-0.2, 0) is 14.3 Å². The third-order valence-corrected chi connectivity index (χ3v) is 1.84. The summed E-state index contributed by atoms with van der Waals surface area (Å²) in [6.45, 7) is 4.17. The van der Waals surface area contributed by atoms with Gasteiger partial charge in [0.1, 0.15) is 0 Å². The molecule has 4 nitrogen and oxygen atoms in total. The molecule has 1 rings (SSSR count). The molecule has 1 saturated heterocycles. The van der Waals surface area contributed by atoms with Crippen LogP contribution in [0.25, 0.3) is 0 Å². The van der Waals surface area contributed by atoms with Gasteiger partial charge in [-0.15, -0.1) is 0 Å². The van der Waals surface area contributed by atoms with Crippen molar-refractivity contribution in [1.82, 2.24) is 4.90 Å². The molecular formula is C8H13NO3. The molecule has 0 aromatic rings. The number of ketones is 1. The molecule has 0 radical (unpaired) electrons. The summed E-state index contributed by atoms with van der Waals surface area (Å²) in [6.07, 6.45) is 0.366. The second kappa shape index (κ2) is 4.21. The maximum absolute atomic E-state index is 11.0. The minimum Gasteiger partial charge on any atom is -0.380 e. The average molecular weight is 171 g/mol. The molecule has 0 bridgehead atoms. The molecule has 1 heterocycles. The Morgan fingerprint density at radius 2 is 2.25 bits per heavy atom. The Balaban J connectivity index is 2.25. The third kappa shape index (κ3) is 2.04. The third-order valence-electron chi connectivity index (χ3n) is 1.84. The summed E-state index contributed by atoms with van der Waals surface area (Å²) < 4.78 is 5.07. The van der Waals surface area contributed by atoms with Crippen LogP contribution in [0, 0.1) is 0 Å². The second-order valence-electron chi connectivity index (χ2n) is 2.66. The Morgan fingerprint density at radius 1 is 1.50 bits per heavy atom. The quantitative estimate of drug-likeness (QED) is 0.435. The van der Waals surface area contributed by atoms with Crippen molar-refractivity contribution >= 4 is 11.7 Å². The summed E-state index contributed by atoms with van der Waals surface area (Å²) in [6, 6.07) is 0. The highest BCUT2D eigenvalue weighted by atomic mass is 16.5. The van der Waals surface area contributed by atoms with E-state index in [0.717, 1.165) is 0 Å². The summed E-state index contributed by atoms with van der Waals surface area (Å²) in [5.74, 6) is -0.624. The highest BCUT2D eigenvalue weighted by Crippen LogP contribution is 2.04. The number of Topliss-reactive ketones (excluding diaryl/α,β-unsaturated/α-hetero) is 1. The van der Waals surface area contributed by atoms with Crippen LogP contribution in [0.3, 0.4) is 0 Å². The lowest BCUT2D eigenvalue weighted by molar-refractivity contribution is -0.140. The van der Waals surface area contributed by atoms with Crippen molar-refractivity contribution in [3.63, 3.8) is 0 Å². The van der Waals surface area contributed by atoms with Crippen molar-refractivity contribution in [2.75, 3.05) is 26.3 Å². The van der Waals surface area contributed by atoms with Crippen molar-refractivity contribution in [2.24, 2.45) is 0 Å². The Morgan fingerprint density at radius 3 is 2.75 bits per heavy atom. The molecule has 0 saturated carbocycles. The number of rotatable bonds is 4. The molecule has 0 atom stereocenters. The van der Waals surface area contributed by atoms with Crippen LogP contribution in [0.5, 0.6) is 0 Å². The predicted molar refractivity (Wildman–Crippen MR) is 42.7 cm³/mol. The Labute approximate surface area is 71.5 Å². The maximum atomic E-state index is 11.0. The van der Waals surface area contributed by atoms with Gasteiger partial charge >= 0.3 is 0 Å². The fraction of sp³-hybridized carbons (Fsp3) is 0.750. The zero-order valence-corrected chi connectivity index (χ0v) is 7.21. The first-order chi connectivity index (χ1) is 5.75. The number of hydrogen-bond acceptors (Lipinski definition) is 3. The van der Waals surface area contributed by atoms with Crippen LogP contribution < -0.4 is 0 Å². The van der Waals surface area contributed by atoms with E-state index in [1.54, 1.807) is 0 Å². The molecule has 1 fully saturated rings. The minimum absolute atomic E-state index is 0.272. The summed E-state index contributed by atoms with van der Waals surface area (Å²) in [5.41, 5.74) is 0. The predicted octanol–water partition coefficient (Wildman–Crippen LogP) is -0.176. The van der Waals surface area contributed by atoms with Gasteiger partial charge in [0.25, 0.3) is 5.91 Å². The Bertz CT molecular complexity index is 191. The first-order valence-electron chi connectivity index (χ1n) is 4.15. The van der Waals surface area contributed by atoms with Gasteiger partial charge in [0, 0.05) is 26.1 Å². The number of likely N-dealkylation sites (tertiary alicyclic amines) is 1. The van der Waals surface area contributed by atoms with E-state index in [1.807, 2.05) is 6.92 Å². The molecule has 1 aliphatic rings. The molecule has 1 amide bonds. The van der Waals surface area contributed by atoms with Crippen molar-refractivity contribution in [3.05, 3.63) is 0 Å². The van der Waals surface area contributed by atoms with Gasteiger partial charge in [0.2, 0.25) is 5.78 Å². The number of carbonyl (C=O) groups is 2. The van der Waals surface area contributed by atoms with Gasteiger partial charge in [-0.05, 0) is 6.92 Å². The molecule has 0 aliphatic carbocycles. The fourth-order valence-corrected chi connectivity index (χ4v) is 1.15. The first kappa shape index (κ1) is 9.19. The standard InChI is InChI=1S/C8H13NO3/c1-2-12-6-5-9-4-3-7(10)8(9)11/h2-6H2,1H3. The zero-order chi connectivity index (χ0) is 8.97. The van der Waals surface area contributed by atoms with Crippen LogP contribution in [-0.4, -0.2) is 42.9 Å². The van der Waals surface area contributed by atoms with Gasteiger partial charge in [-0.2, -0.15) is 0 Å². The Hall–Kier alpha value is -0.900. The van der Waals surface area contributed by atoms with E-state index in [0.29, 0.717) is 32.7 Å². The monoisotopic (exact) mass is 171 g/mol. The van der Waals surface area contributed by atoms with Crippen LogP contribution in [0.1, 0.15) is 13.3 Å². The van der Waals surface area contributed by atoms with Crippen molar-refractivity contribution in [2.45, 2.75) is 13.3 Å². The molecule has 0 N–H and O–H groups in total. The lowest BCUT2D eigenvalue weighted by Gasteiger charge is -2.13. The number of carbonyl (C=O) groups excluding carboxylic acids is 2. The van der Waals surface area contributed by atoms with E-state index in [4.69, 9.17) is 4.74 Å². The molecule has 1 aliphatic heterocycles. The molecule has 0 unspecified atom stereocenters. The zero-order valence-electron chi connectivity index (χ0n) is 7.21. The smallest absolute Gasteiger partial charge is 0.290 e. The SMILES string of the molecule is CCOCCN1CCC(=O)C1=O. The van der Waals surface area contributed by atoms with E-state index in [-0.39, 0.29) is 11.7 Å². The summed E-state index contributed by atoms with van der Waals surface area (Å²) in [5, 5.41) is 0. The maximum Gasteiger partial charge on any atom is 0.290 e. The molecular weight excluding hydrogens is 158 g/mol.